The Morgan fingerprint density at radius 2 is 1.64 bits per heavy atom. The number of hydrogen-bond donors (Lipinski definition) is 0. The number of nitriles is 1. The Morgan fingerprint density at radius 3 is 2.25 bits per heavy atom. The number of halogens is 2. The maximum absolute atomic E-state index is 9.52. The monoisotopic (exact) mass is 407 g/mol. The molecular weight excluding hydrogens is 389 g/mol. The molecular formula is C24H19Cl2NO. The molecule has 0 aromatic heterocycles. The Balaban J connectivity index is 1.83. The third kappa shape index (κ3) is 4.75. The van der Waals surface area contributed by atoms with E-state index in [1.54, 1.807) is 6.07 Å². The summed E-state index contributed by atoms with van der Waals surface area (Å²) < 4.78 is 6.03. The van der Waals surface area contributed by atoms with Gasteiger partial charge in [-0.2, -0.15) is 5.26 Å². The van der Waals surface area contributed by atoms with Gasteiger partial charge >= 0.3 is 0 Å². The van der Waals surface area contributed by atoms with Crippen LogP contribution in [0.15, 0.2) is 60.7 Å². The summed E-state index contributed by atoms with van der Waals surface area (Å²) in [5, 5.41) is 10.6. The van der Waals surface area contributed by atoms with E-state index in [2.05, 4.69) is 6.07 Å². The van der Waals surface area contributed by atoms with Crippen molar-refractivity contribution in [3.8, 4) is 11.8 Å². The molecule has 0 fully saturated rings. The third-order valence-electron chi connectivity index (χ3n) is 4.37. The summed E-state index contributed by atoms with van der Waals surface area (Å²) in [7, 11) is 0. The molecule has 0 bridgehead atoms. The first-order valence-electron chi connectivity index (χ1n) is 8.83. The van der Waals surface area contributed by atoms with Gasteiger partial charge in [-0.3, -0.25) is 0 Å². The SMILES string of the molecule is Cc1cc(/C=C(\C#N)c2ccccc2)cc(C)c1OCc1ccc(Cl)c(Cl)c1. The van der Waals surface area contributed by atoms with Gasteiger partial charge in [-0.15, -0.1) is 0 Å². The van der Waals surface area contributed by atoms with Gasteiger partial charge in [0, 0.05) is 0 Å². The van der Waals surface area contributed by atoms with Crippen molar-refractivity contribution in [3.63, 3.8) is 0 Å². The molecule has 28 heavy (non-hydrogen) atoms. The van der Waals surface area contributed by atoms with Crippen LogP contribution in [0, 0.1) is 25.2 Å². The lowest BCUT2D eigenvalue weighted by atomic mass is 10.0. The number of benzene rings is 3. The van der Waals surface area contributed by atoms with Gasteiger partial charge in [0.1, 0.15) is 12.4 Å². The van der Waals surface area contributed by atoms with E-state index >= 15 is 0 Å². The van der Waals surface area contributed by atoms with Crippen LogP contribution in [-0.4, -0.2) is 0 Å². The van der Waals surface area contributed by atoms with E-state index in [4.69, 9.17) is 27.9 Å². The molecule has 3 aromatic rings. The van der Waals surface area contributed by atoms with Gasteiger partial charge in [0.25, 0.3) is 0 Å². The summed E-state index contributed by atoms with van der Waals surface area (Å²) >= 11 is 12.0. The van der Waals surface area contributed by atoms with E-state index in [9.17, 15) is 5.26 Å². The predicted octanol–water partition coefficient (Wildman–Crippen LogP) is 7.25. The Kier molecular flexibility index (Phi) is 6.41. The Bertz CT molecular complexity index is 1040. The van der Waals surface area contributed by atoms with Gasteiger partial charge in [0.15, 0.2) is 0 Å². The first kappa shape index (κ1) is 20.0. The first-order valence-corrected chi connectivity index (χ1v) is 9.58. The molecule has 0 saturated carbocycles. The molecule has 0 N–H and O–H groups in total. The minimum Gasteiger partial charge on any atom is -0.488 e. The maximum Gasteiger partial charge on any atom is 0.125 e. The molecule has 140 valence electrons. The minimum atomic E-state index is 0.404. The highest BCUT2D eigenvalue weighted by Gasteiger charge is 2.08. The molecule has 0 radical (unpaired) electrons. The Hall–Kier alpha value is -2.73. The van der Waals surface area contributed by atoms with Crippen molar-refractivity contribution in [1.29, 1.82) is 5.26 Å². The summed E-state index contributed by atoms with van der Waals surface area (Å²) in [6.45, 7) is 4.41. The molecule has 0 aliphatic carbocycles. The zero-order valence-corrected chi connectivity index (χ0v) is 17.2. The second-order valence-electron chi connectivity index (χ2n) is 6.56. The minimum absolute atomic E-state index is 0.404. The molecule has 2 nitrogen and oxygen atoms in total. The van der Waals surface area contributed by atoms with Crippen molar-refractivity contribution in [2.24, 2.45) is 0 Å². The standard InChI is InChI=1S/C24H19Cl2NO/c1-16-10-19(12-21(14-27)20-6-4-3-5-7-20)11-17(2)24(16)28-15-18-8-9-22(25)23(26)13-18/h3-13H,15H2,1-2H3/b21-12+. The topological polar surface area (TPSA) is 33.0 Å². The van der Waals surface area contributed by atoms with Gasteiger partial charge in [-0.05, 0) is 72.0 Å². The fourth-order valence-electron chi connectivity index (χ4n) is 3.04. The zero-order valence-electron chi connectivity index (χ0n) is 15.7. The lowest BCUT2D eigenvalue weighted by Crippen LogP contribution is -1.99. The molecule has 0 spiro atoms. The van der Waals surface area contributed by atoms with Crippen molar-refractivity contribution in [2.45, 2.75) is 20.5 Å². The van der Waals surface area contributed by atoms with Gasteiger partial charge < -0.3 is 4.74 Å². The number of hydrogen-bond acceptors (Lipinski definition) is 2. The van der Waals surface area contributed by atoms with Crippen LogP contribution in [0.1, 0.15) is 27.8 Å². The number of aryl methyl sites for hydroxylation is 2. The molecule has 0 aliphatic rings. The molecule has 0 saturated heterocycles. The van der Waals surface area contributed by atoms with Gasteiger partial charge in [0.05, 0.1) is 21.7 Å². The fourth-order valence-corrected chi connectivity index (χ4v) is 3.36. The molecule has 3 aromatic carbocycles. The van der Waals surface area contributed by atoms with Crippen LogP contribution in [0.25, 0.3) is 11.6 Å². The molecule has 3 rings (SSSR count). The summed E-state index contributed by atoms with van der Waals surface area (Å²) in [5.74, 6) is 0.835. The quantitative estimate of drug-likeness (QED) is 0.329. The number of ether oxygens (including phenoxy) is 1. The van der Waals surface area contributed by atoms with Gasteiger partial charge in [-0.1, -0.05) is 59.6 Å². The smallest absolute Gasteiger partial charge is 0.125 e. The van der Waals surface area contributed by atoms with Crippen LogP contribution in [0.2, 0.25) is 10.0 Å². The molecule has 0 heterocycles. The molecule has 4 heteroatoms. The van der Waals surface area contributed by atoms with E-state index in [1.807, 2.05) is 74.5 Å². The number of rotatable bonds is 5. The highest BCUT2D eigenvalue weighted by Crippen LogP contribution is 2.29. The van der Waals surface area contributed by atoms with E-state index in [0.29, 0.717) is 22.2 Å². The van der Waals surface area contributed by atoms with E-state index in [0.717, 1.165) is 33.6 Å². The van der Waals surface area contributed by atoms with Crippen LogP contribution >= 0.6 is 23.2 Å². The average molecular weight is 408 g/mol. The highest BCUT2D eigenvalue weighted by atomic mass is 35.5. The second-order valence-corrected chi connectivity index (χ2v) is 7.37. The second kappa shape index (κ2) is 8.97. The van der Waals surface area contributed by atoms with Crippen LogP contribution in [0.5, 0.6) is 5.75 Å². The van der Waals surface area contributed by atoms with Crippen LogP contribution in [0.4, 0.5) is 0 Å². The van der Waals surface area contributed by atoms with E-state index in [1.165, 1.54) is 0 Å². The summed E-state index contributed by atoms with van der Waals surface area (Å²) in [5.41, 5.74) is 5.47. The number of nitrogens with zero attached hydrogens (tertiary/aromatic N) is 1. The summed E-state index contributed by atoms with van der Waals surface area (Å²) in [4.78, 5) is 0. The summed E-state index contributed by atoms with van der Waals surface area (Å²) in [6, 6.07) is 21.5. The van der Waals surface area contributed by atoms with E-state index < -0.39 is 0 Å². The van der Waals surface area contributed by atoms with Crippen LogP contribution < -0.4 is 4.74 Å². The highest BCUT2D eigenvalue weighted by molar-refractivity contribution is 6.42. The van der Waals surface area contributed by atoms with Crippen molar-refractivity contribution in [1.82, 2.24) is 0 Å². The largest absolute Gasteiger partial charge is 0.488 e. The Morgan fingerprint density at radius 1 is 0.964 bits per heavy atom. The van der Waals surface area contributed by atoms with E-state index in [-0.39, 0.29) is 0 Å². The predicted molar refractivity (Wildman–Crippen MR) is 117 cm³/mol. The fraction of sp³-hybridized carbons (Fsp3) is 0.125. The third-order valence-corrected chi connectivity index (χ3v) is 5.11. The number of allylic oxidation sites excluding steroid dienone is 1. The van der Waals surface area contributed by atoms with Crippen LogP contribution in [-0.2, 0) is 6.61 Å². The van der Waals surface area contributed by atoms with Crippen molar-refractivity contribution in [3.05, 3.63) is 98.5 Å². The van der Waals surface area contributed by atoms with Crippen LogP contribution in [0.3, 0.4) is 0 Å². The zero-order chi connectivity index (χ0) is 20.1. The van der Waals surface area contributed by atoms with Crippen molar-refractivity contribution in [2.75, 3.05) is 0 Å². The average Bonchev–Trinajstić information content (AvgIpc) is 2.69. The lowest BCUT2D eigenvalue weighted by molar-refractivity contribution is 0.302. The maximum atomic E-state index is 9.52. The summed E-state index contributed by atoms with van der Waals surface area (Å²) in [6.07, 6.45) is 1.90. The lowest BCUT2D eigenvalue weighted by Gasteiger charge is -2.14. The van der Waals surface area contributed by atoms with Crippen molar-refractivity contribution >= 4 is 34.9 Å². The normalized spacial score (nSPS) is 11.2. The molecule has 0 aliphatic heterocycles. The van der Waals surface area contributed by atoms with Gasteiger partial charge in [0.2, 0.25) is 0 Å². The Labute approximate surface area is 175 Å². The molecule has 0 amide bonds. The molecule has 0 atom stereocenters. The first-order chi connectivity index (χ1) is 13.5. The molecule has 0 unspecified atom stereocenters. The van der Waals surface area contributed by atoms with Crippen molar-refractivity contribution < 1.29 is 4.74 Å². The van der Waals surface area contributed by atoms with Gasteiger partial charge in [-0.25, -0.2) is 0 Å².